The molecule has 0 saturated heterocycles. The number of nitrogens with one attached hydrogen (secondary N) is 1. The van der Waals surface area contributed by atoms with E-state index in [1.54, 1.807) is 18.2 Å². The number of amides is 1. The van der Waals surface area contributed by atoms with Crippen LogP contribution in [0.2, 0.25) is 0 Å². The normalized spacial score (nSPS) is 10.0. The molecule has 0 aromatic heterocycles. The van der Waals surface area contributed by atoms with Crippen LogP contribution in [-0.4, -0.2) is 31.5 Å². The summed E-state index contributed by atoms with van der Waals surface area (Å²) in [5, 5.41) is 11.4. The number of aliphatic hydroxyl groups excluding tert-OH is 1. The van der Waals surface area contributed by atoms with E-state index < -0.39 is 6.09 Å². The fourth-order valence-corrected chi connectivity index (χ4v) is 1.90. The Kier molecular flexibility index (Phi) is 6.26. The van der Waals surface area contributed by atoms with Crippen molar-refractivity contribution in [3.05, 3.63) is 54.1 Å². The van der Waals surface area contributed by atoms with Crippen LogP contribution >= 0.6 is 0 Å². The van der Waals surface area contributed by atoms with Crippen LogP contribution in [0.5, 0.6) is 11.5 Å². The second-order valence-electron chi connectivity index (χ2n) is 4.62. The maximum absolute atomic E-state index is 11.8. The van der Waals surface area contributed by atoms with E-state index in [-0.39, 0.29) is 19.8 Å². The molecule has 0 unspecified atom stereocenters. The lowest BCUT2D eigenvalue weighted by Gasteiger charge is -2.12. The van der Waals surface area contributed by atoms with E-state index in [0.717, 1.165) is 5.56 Å². The van der Waals surface area contributed by atoms with Gasteiger partial charge in [0.15, 0.2) is 11.5 Å². The van der Waals surface area contributed by atoms with Crippen molar-refractivity contribution in [2.24, 2.45) is 0 Å². The van der Waals surface area contributed by atoms with Gasteiger partial charge >= 0.3 is 6.09 Å². The van der Waals surface area contributed by atoms with Gasteiger partial charge < -0.3 is 19.3 Å². The molecule has 2 aromatic carbocycles. The number of methoxy groups -OCH3 is 1. The molecule has 2 N–H and O–H groups in total. The van der Waals surface area contributed by atoms with E-state index in [1.165, 1.54) is 7.11 Å². The topological polar surface area (TPSA) is 77.0 Å². The second kappa shape index (κ2) is 8.65. The van der Waals surface area contributed by atoms with E-state index in [1.807, 2.05) is 30.3 Å². The third-order valence-electron chi connectivity index (χ3n) is 2.97. The monoisotopic (exact) mass is 317 g/mol. The first-order valence-corrected chi connectivity index (χ1v) is 7.12. The van der Waals surface area contributed by atoms with Crippen molar-refractivity contribution in [1.82, 2.24) is 0 Å². The van der Waals surface area contributed by atoms with Gasteiger partial charge in [0.1, 0.15) is 13.2 Å². The minimum Gasteiger partial charge on any atom is -0.493 e. The second-order valence-corrected chi connectivity index (χ2v) is 4.62. The Morgan fingerprint density at radius 2 is 1.91 bits per heavy atom. The van der Waals surface area contributed by atoms with Crippen molar-refractivity contribution >= 4 is 11.8 Å². The minimum atomic E-state index is -0.563. The molecular formula is C17H19NO5. The molecule has 0 aliphatic heterocycles. The van der Waals surface area contributed by atoms with Gasteiger partial charge in [0.25, 0.3) is 0 Å². The standard InChI is InChI=1S/C17H19NO5/c1-21-15-8-7-14(11-16(15)22-10-9-19)18-17(20)23-12-13-5-3-2-4-6-13/h2-8,11,19H,9-10,12H2,1H3,(H,18,20). The molecule has 6 nitrogen and oxygen atoms in total. The van der Waals surface area contributed by atoms with Gasteiger partial charge in [-0.1, -0.05) is 30.3 Å². The van der Waals surface area contributed by atoms with Crippen molar-refractivity contribution in [2.45, 2.75) is 6.61 Å². The van der Waals surface area contributed by atoms with Crippen LogP contribution in [0.3, 0.4) is 0 Å². The average molecular weight is 317 g/mol. The smallest absolute Gasteiger partial charge is 0.411 e. The molecule has 23 heavy (non-hydrogen) atoms. The Morgan fingerprint density at radius 1 is 1.13 bits per heavy atom. The van der Waals surface area contributed by atoms with Crippen molar-refractivity contribution in [1.29, 1.82) is 0 Å². The highest BCUT2D eigenvalue weighted by Crippen LogP contribution is 2.30. The molecule has 1 amide bonds. The van der Waals surface area contributed by atoms with E-state index in [2.05, 4.69) is 5.32 Å². The summed E-state index contributed by atoms with van der Waals surface area (Å²) < 4.78 is 15.7. The van der Waals surface area contributed by atoms with Gasteiger partial charge in [0.05, 0.1) is 13.7 Å². The molecule has 0 aliphatic carbocycles. The van der Waals surface area contributed by atoms with Gasteiger partial charge in [-0.25, -0.2) is 4.79 Å². The van der Waals surface area contributed by atoms with Crippen LogP contribution in [0.1, 0.15) is 5.56 Å². The lowest BCUT2D eigenvalue weighted by atomic mass is 10.2. The first-order valence-electron chi connectivity index (χ1n) is 7.12. The van der Waals surface area contributed by atoms with Crippen molar-refractivity contribution in [3.63, 3.8) is 0 Å². The Morgan fingerprint density at radius 3 is 2.61 bits per heavy atom. The molecule has 2 rings (SSSR count). The minimum absolute atomic E-state index is 0.111. The lowest BCUT2D eigenvalue weighted by molar-refractivity contribution is 0.155. The van der Waals surface area contributed by atoms with Crippen molar-refractivity contribution in [2.75, 3.05) is 25.6 Å². The highest BCUT2D eigenvalue weighted by atomic mass is 16.5. The molecule has 0 aliphatic rings. The summed E-state index contributed by atoms with van der Waals surface area (Å²) in [5.41, 5.74) is 1.42. The molecule has 0 heterocycles. The number of aliphatic hydroxyl groups is 1. The zero-order chi connectivity index (χ0) is 16.5. The number of hydrogen-bond acceptors (Lipinski definition) is 5. The average Bonchev–Trinajstić information content (AvgIpc) is 2.59. The van der Waals surface area contributed by atoms with Crippen molar-refractivity contribution < 1.29 is 24.1 Å². The first-order chi connectivity index (χ1) is 11.2. The van der Waals surface area contributed by atoms with Crippen LogP contribution in [0, 0.1) is 0 Å². The highest BCUT2D eigenvalue weighted by Gasteiger charge is 2.09. The van der Waals surface area contributed by atoms with Crippen LogP contribution < -0.4 is 14.8 Å². The Balaban J connectivity index is 1.94. The van der Waals surface area contributed by atoms with Gasteiger partial charge in [-0.05, 0) is 17.7 Å². The van der Waals surface area contributed by atoms with E-state index in [0.29, 0.717) is 17.2 Å². The maximum Gasteiger partial charge on any atom is 0.411 e. The number of rotatable bonds is 7. The molecule has 0 radical (unpaired) electrons. The summed E-state index contributed by atoms with van der Waals surface area (Å²) in [7, 11) is 1.52. The third kappa shape index (κ3) is 5.19. The predicted octanol–water partition coefficient (Wildman–Crippen LogP) is 2.82. The summed E-state index contributed by atoms with van der Waals surface area (Å²) in [6, 6.07) is 14.4. The molecule has 6 heteroatoms. The van der Waals surface area contributed by atoms with E-state index in [9.17, 15) is 4.79 Å². The van der Waals surface area contributed by atoms with Gasteiger partial charge in [-0.3, -0.25) is 5.32 Å². The molecule has 0 saturated carbocycles. The fraction of sp³-hybridized carbons (Fsp3) is 0.235. The molecular weight excluding hydrogens is 298 g/mol. The van der Waals surface area contributed by atoms with Crippen LogP contribution in [0.15, 0.2) is 48.5 Å². The first kappa shape index (κ1) is 16.6. The van der Waals surface area contributed by atoms with Gasteiger partial charge in [0.2, 0.25) is 0 Å². The van der Waals surface area contributed by atoms with Crippen LogP contribution in [-0.2, 0) is 11.3 Å². The van der Waals surface area contributed by atoms with Crippen molar-refractivity contribution in [3.8, 4) is 11.5 Å². The van der Waals surface area contributed by atoms with Gasteiger partial charge in [0, 0.05) is 11.8 Å². The number of carbonyl (C=O) groups excluding carboxylic acids is 1. The number of carbonyl (C=O) groups is 1. The van der Waals surface area contributed by atoms with Gasteiger partial charge in [-0.15, -0.1) is 0 Å². The molecule has 0 spiro atoms. The third-order valence-corrected chi connectivity index (χ3v) is 2.97. The van der Waals surface area contributed by atoms with E-state index in [4.69, 9.17) is 19.3 Å². The summed E-state index contributed by atoms with van der Waals surface area (Å²) in [6.07, 6.45) is -0.563. The Hall–Kier alpha value is -2.73. The predicted molar refractivity (Wildman–Crippen MR) is 85.8 cm³/mol. The summed E-state index contributed by atoms with van der Waals surface area (Å²) >= 11 is 0. The largest absolute Gasteiger partial charge is 0.493 e. The number of hydrogen-bond donors (Lipinski definition) is 2. The van der Waals surface area contributed by atoms with Crippen LogP contribution in [0.25, 0.3) is 0 Å². The lowest BCUT2D eigenvalue weighted by Crippen LogP contribution is -2.13. The fourth-order valence-electron chi connectivity index (χ4n) is 1.90. The summed E-state index contributed by atoms with van der Waals surface area (Å²) in [6.45, 7) is 0.217. The Labute approximate surface area is 134 Å². The Bertz CT molecular complexity index is 630. The van der Waals surface area contributed by atoms with E-state index >= 15 is 0 Å². The van der Waals surface area contributed by atoms with Crippen LogP contribution in [0.4, 0.5) is 10.5 Å². The highest BCUT2D eigenvalue weighted by molar-refractivity contribution is 5.85. The summed E-state index contributed by atoms with van der Waals surface area (Å²) in [4.78, 5) is 11.8. The zero-order valence-electron chi connectivity index (χ0n) is 12.8. The number of ether oxygens (including phenoxy) is 3. The summed E-state index contributed by atoms with van der Waals surface area (Å²) in [5.74, 6) is 0.948. The quantitative estimate of drug-likeness (QED) is 0.821. The maximum atomic E-state index is 11.8. The zero-order valence-corrected chi connectivity index (χ0v) is 12.8. The SMILES string of the molecule is COc1ccc(NC(=O)OCc2ccccc2)cc1OCCO. The molecule has 0 atom stereocenters. The molecule has 0 fully saturated rings. The molecule has 2 aromatic rings. The number of benzene rings is 2. The molecule has 0 bridgehead atoms. The number of anilines is 1. The van der Waals surface area contributed by atoms with Gasteiger partial charge in [-0.2, -0.15) is 0 Å². The molecule has 122 valence electrons.